The Morgan fingerprint density at radius 1 is 1.18 bits per heavy atom. The SMILES string of the molecule is CC(C)(C)c1ccc(NCC2(CN)CC2)cc1. The number of hydrogen-bond donors (Lipinski definition) is 2. The van der Waals surface area contributed by atoms with Crippen molar-refractivity contribution in [2.45, 2.75) is 39.0 Å². The molecule has 0 aromatic heterocycles. The smallest absolute Gasteiger partial charge is 0.0340 e. The molecule has 1 aromatic rings. The van der Waals surface area contributed by atoms with E-state index >= 15 is 0 Å². The zero-order valence-corrected chi connectivity index (χ0v) is 11.2. The first-order valence-corrected chi connectivity index (χ1v) is 6.50. The van der Waals surface area contributed by atoms with Crippen LogP contribution in [0.5, 0.6) is 0 Å². The summed E-state index contributed by atoms with van der Waals surface area (Å²) in [5.74, 6) is 0. The number of benzene rings is 1. The fraction of sp³-hybridized carbons (Fsp3) is 0.600. The Balaban J connectivity index is 1.94. The average molecular weight is 232 g/mol. The van der Waals surface area contributed by atoms with E-state index in [1.54, 1.807) is 0 Å². The van der Waals surface area contributed by atoms with E-state index in [-0.39, 0.29) is 5.41 Å². The highest BCUT2D eigenvalue weighted by molar-refractivity contribution is 5.46. The van der Waals surface area contributed by atoms with Gasteiger partial charge in [-0.15, -0.1) is 0 Å². The molecule has 0 aliphatic heterocycles. The van der Waals surface area contributed by atoms with Gasteiger partial charge in [-0.05, 0) is 47.9 Å². The zero-order valence-electron chi connectivity index (χ0n) is 11.2. The molecule has 0 amide bonds. The lowest BCUT2D eigenvalue weighted by Gasteiger charge is -2.20. The average Bonchev–Trinajstić information content (AvgIpc) is 3.06. The third kappa shape index (κ3) is 3.01. The first-order valence-electron chi connectivity index (χ1n) is 6.50. The van der Waals surface area contributed by atoms with Crippen LogP contribution in [0.2, 0.25) is 0 Å². The maximum absolute atomic E-state index is 5.77. The van der Waals surface area contributed by atoms with Gasteiger partial charge in [0.2, 0.25) is 0 Å². The quantitative estimate of drug-likeness (QED) is 0.837. The zero-order chi connectivity index (χ0) is 12.5. The number of anilines is 1. The van der Waals surface area contributed by atoms with Crippen LogP contribution in [0.3, 0.4) is 0 Å². The molecule has 94 valence electrons. The van der Waals surface area contributed by atoms with Crippen LogP contribution in [0.4, 0.5) is 5.69 Å². The first-order chi connectivity index (χ1) is 7.95. The molecule has 1 saturated carbocycles. The molecule has 3 N–H and O–H groups in total. The van der Waals surface area contributed by atoms with Crippen LogP contribution in [0.25, 0.3) is 0 Å². The molecule has 17 heavy (non-hydrogen) atoms. The second-order valence-electron chi connectivity index (χ2n) is 6.39. The van der Waals surface area contributed by atoms with Crippen molar-refractivity contribution in [2.24, 2.45) is 11.1 Å². The Hall–Kier alpha value is -1.02. The Kier molecular flexibility index (Phi) is 3.17. The van der Waals surface area contributed by atoms with Gasteiger partial charge in [0.05, 0.1) is 0 Å². The largest absolute Gasteiger partial charge is 0.384 e. The highest BCUT2D eigenvalue weighted by atomic mass is 14.9. The second kappa shape index (κ2) is 4.34. The van der Waals surface area contributed by atoms with Crippen LogP contribution in [0, 0.1) is 5.41 Å². The third-order valence-electron chi connectivity index (χ3n) is 3.81. The summed E-state index contributed by atoms with van der Waals surface area (Å²) in [7, 11) is 0. The van der Waals surface area contributed by atoms with Crippen molar-refractivity contribution in [3.05, 3.63) is 29.8 Å². The van der Waals surface area contributed by atoms with Gasteiger partial charge in [-0.25, -0.2) is 0 Å². The predicted octanol–water partition coefficient (Wildman–Crippen LogP) is 3.13. The van der Waals surface area contributed by atoms with Crippen LogP contribution < -0.4 is 11.1 Å². The summed E-state index contributed by atoms with van der Waals surface area (Å²) in [6.45, 7) is 8.54. The number of hydrogen-bond acceptors (Lipinski definition) is 2. The summed E-state index contributed by atoms with van der Waals surface area (Å²) in [4.78, 5) is 0. The molecule has 1 aliphatic carbocycles. The summed E-state index contributed by atoms with van der Waals surface area (Å²) >= 11 is 0. The molecule has 0 unspecified atom stereocenters. The van der Waals surface area contributed by atoms with Crippen molar-refractivity contribution in [3.63, 3.8) is 0 Å². The lowest BCUT2D eigenvalue weighted by Crippen LogP contribution is -2.24. The maximum Gasteiger partial charge on any atom is 0.0340 e. The molecule has 0 heterocycles. The molecule has 1 aromatic carbocycles. The van der Waals surface area contributed by atoms with Crippen molar-refractivity contribution in [1.29, 1.82) is 0 Å². The van der Waals surface area contributed by atoms with Gasteiger partial charge in [0, 0.05) is 12.2 Å². The highest BCUT2D eigenvalue weighted by Gasteiger charge is 2.40. The molecule has 0 atom stereocenters. The standard InChI is InChI=1S/C15H24N2/c1-14(2,3)12-4-6-13(7-5-12)17-11-15(10-16)8-9-15/h4-7,17H,8-11,16H2,1-3H3. The fourth-order valence-corrected chi connectivity index (χ4v) is 2.01. The van der Waals surface area contributed by atoms with Gasteiger partial charge in [-0.1, -0.05) is 32.9 Å². The Morgan fingerprint density at radius 2 is 1.76 bits per heavy atom. The third-order valence-corrected chi connectivity index (χ3v) is 3.81. The van der Waals surface area contributed by atoms with Crippen molar-refractivity contribution < 1.29 is 0 Å². The lowest BCUT2D eigenvalue weighted by atomic mass is 9.87. The highest BCUT2D eigenvalue weighted by Crippen LogP contribution is 2.44. The maximum atomic E-state index is 5.77. The van der Waals surface area contributed by atoms with Gasteiger partial charge in [0.15, 0.2) is 0 Å². The van der Waals surface area contributed by atoms with Crippen molar-refractivity contribution >= 4 is 5.69 Å². The van der Waals surface area contributed by atoms with Crippen LogP contribution >= 0.6 is 0 Å². The van der Waals surface area contributed by atoms with E-state index in [1.165, 1.54) is 24.1 Å². The summed E-state index contributed by atoms with van der Waals surface area (Å²) in [6, 6.07) is 8.77. The second-order valence-corrected chi connectivity index (χ2v) is 6.39. The van der Waals surface area contributed by atoms with Gasteiger partial charge < -0.3 is 11.1 Å². The summed E-state index contributed by atoms with van der Waals surface area (Å²) < 4.78 is 0. The van der Waals surface area contributed by atoms with E-state index in [0.29, 0.717) is 5.41 Å². The Morgan fingerprint density at radius 3 is 2.18 bits per heavy atom. The van der Waals surface area contributed by atoms with E-state index in [0.717, 1.165) is 13.1 Å². The molecule has 1 fully saturated rings. The molecule has 2 rings (SSSR count). The summed E-state index contributed by atoms with van der Waals surface area (Å²) in [5.41, 5.74) is 8.98. The summed E-state index contributed by atoms with van der Waals surface area (Å²) in [5, 5.41) is 3.50. The van der Waals surface area contributed by atoms with Crippen LogP contribution in [-0.2, 0) is 5.41 Å². The van der Waals surface area contributed by atoms with Gasteiger partial charge >= 0.3 is 0 Å². The molecule has 0 spiro atoms. The van der Waals surface area contributed by atoms with Gasteiger partial charge in [-0.3, -0.25) is 0 Å². The summed E-state index contributed by atoms with van der Waals surface area (Å²) in [6.07, 6.45) is 2.55. The molecular formula is C15H24N2. The monoisotopic (exact) mass is 232 g/mol. The Labute approximate surface area is 105 Å². The van der Waals surface area contributed by atoms with Crippen LogP contribution in [0.15, 0.2) is 24.3 Å². The normalized spacial score (nSPS) is 17.9. The minimum Gasteiger partial charge on any atom is -0.384 e. The minimum atomic E-state index is 0.230. The van der Waals surface area contributed by atoms with Crippen molar-refractivity contribution in [3.8, 4) is 0 Å². The minimum absolute atomic E-state index is 0.230. The van der Waals surface area contributed by atoms with E-state index in [1.807, 2.05) is 0 Å². The van der Waals surface area contributed by atoms with Crippen molar-refractivity contribution in [2.75, 3.05) is 18.4 Å². The number of nitrogens with one attached hydrogen (secondary N) is 1. The molecule has 0 saturated heterocycles. The fourth-order valence-electron chi connectivity index (χ4n) is 2.01. The Bertz CT molecular complexity index is 369. The molecule has 0 radical (unpaired) electrons. The molecule has 0 bridgehead atoms. The van der Waals surface area contributed by atoms with Gasteiger partial charge in [0.1, 0.15) is 0 Å². The van der Waals surface area contributed by atoms with E-state index in [9.17, 15) is 0 Å². The lowest BCUT2D eigenvalue weighted by molar-refractivity contribution is 0.555. The number of rotatable bonds is 4. The van der Waals surface area contributed by atoms with E-state index in [2.05, 4.69) is 50.4 Å². The van der Waals surface area contributed by atoms with Gasteiger partial charge in [0.25, 0.3) is 0 Å². The molecule has 2 heteroatoms. The van der Waals surface area contributed by atoms with E-state index < -0.39 is 0 Å². The van der Waals surface area contributed by atoms with Crippen LogP contribution in [-0.4, -0.2) is 13.1 Å². The molecule has 1 aliphatic rings. The number of nitrogens with two attached hydrogens (primary N) is 1. The van der Waals surface area contributed by atoms with Gasteiger partial charge in [-0.2, -0.15) is 0 Å². The topological polar surface area (TPSA) is 38.0 Å². The first kappa shape index (κ1) is 12.4. The molecule has 2 nitrogen and oxygen atoms in total. The predicted molar refractivity (Wildman–Crippen MR) is 74.4 cm³/mol. The van der Waals surface area contributed by atoms with Crippen LogP contribution in [0.1, 0.15) is 39.2 Å². The van der Waals surface area contributed by atoms with Crippen molar-refractivity contribution in [1.82, 2.24) is 0 Å². The van der Waals surface area contributed by atoms with E-state index in [4.69, 9.17) is 5.73 Å². The molecular weight excluding hydrogens is 208 g/mol.